The molecule has 0 aliphatic carbocycles. The molecular weight excluding hydrogens is 145 g/mol. The minimum atomic E-state index is -0.417. The van der Waals surface area contributed by atoms with Crippen LogP contribution in [0.2, 0.25) is 0 Å². The fourth-order valence-corrected chi connectivity index (χ4v) is 0.853. The highest BCUT2D eigenvalue weighted by molar-refractivity contribution is 4.97. The van der Waals surface area contributed by atoms with Crippen molar-refractivity contribution in [3.8, 4) is 0 Å². The number of rotatable bonds is 1. The van der Waals surface area contributed by atoms with E-state index in [0.29, 0.717) is 12.1 Å². The average molecular weight is 157 g/mol. The predicted octanol–water partition coefficient (Wildman–Crippen LogP) is 1.53. The van der Waals surface area contributed by atoms with E-state index in [1.807, 2.05) is 20.8 Å². The molecule has 62 valence electrons. The molecule has 1 N–H and O–H groups in total. The molecule has 0 unspecified atom stereocenters. The van der Waals surface area contributed by atoms with Crippen molar-refractivity contribution in [2.75, 3.05) is 0 Å². The van der Waals surface area contributed by atoms with Crippen LogP contribution in [0.1, 0.15) is 26.5 Å². The molecule has 0 aliphatic heterocycles. The van der Waals surface area contributed by atoms with Gasteiger partial charge in [-0.25, -0.2) is 5.10 Å². The highest BCUT2D eigenvalue weighted by atomic mass is 19.1. The van der Waals surface area contributed by atoms with Crippen LogP contribution < -0.4 is 0 Å². The Kier molecular flexibility index (Phi) is 1.93. The van der Waals surface area contributed by atoms with E-state index in [-0.39, 0.29) is 5.41 Å². The molecule has 0 radical (unpaired) electrons. The molecule has 11 heavy (non-hydrogen) atoms. The summed E-state index contributed by atoms with van der Waals surface area (Å²) in [7, 11) is 0. The van der Waals surface area contributed by atoms with E-state index < -0.39 is 5.95 Å². The molecule has 0 amide bonds. The first-order valence-electron chi connectivity index (χ1n) is 3.54. The Morgan fingerprint density at radius 1 is 1.45 bits per heavy atom. The minimum absolute atomic E-state index is 0.0533. The number of H-pyrrole nitrogens is 1. The predicted molar refractivity (Wildman–Crippen MR) is 39.5 cm³/mol. The van der Waals surface area contributed by atoms with Gasteiger partial charge in [-0.2, -0.15) is 4.39 Å². The van der Waals surface area contributed by atoms with E-state index in [0.717, 1.165) is 0 Å². The van der Waals surface area contributed by atoms with Gasteiger partial charge in [0.25, 0.3) is 0 Å². The van der Waals surface area contributed by atoms with Gasteiger partial charge >= 0.3 is 0 Å². The summed E-state index contributed by atoms with van der Waals surface area (Å²) in [4.78, 5) is 0. The maximum absolute atomic E-state index is 12.7. The second-order valence-electron chi connectivity index (χ2n) is 3.81. The number of hydrogen-bond acceptors (Lipinski definition) is 2. The molecule has 1 rings (SSSR count). The molecule has 0 bridgehead atoms. The summed E-state index contributed by atoms with van der Waals surface area (Å²) in [5.74, 6) is -0.417. The summed E-state index contributed by atoms with van der Waals surface area (Å²) >= 11 is 0. The molecule has 0 aromatic carbocycles. The standard InChI is InChI=1S/C7H12FN3/c1-7(2,3)4-5-6(8)10-11-9-5/h4H2,1-3H3,(H,9,10,11). The molecule has 0 saturated heterocycles. The van der Waals surface area contributed by atoms with Crippen molar-refractivity contribution in [1.82, 2.24) is 15.4 Å². The van der Waals surface area contributed by atoms with Crippen LogP contribution in [0.15, 0.2) is 0 Å². The quantitative estimate of drug-likeness (QED) is 0.671. The fourth-order valence-electron chi connectivity index (χ4n) is 0.853. The molecule has 0 spiro atoms. The summed E-state index contributed by atoms with van der Waals surface area (Å²) in [6.45, 7) is 6.09. The van der Waals surface area contributed by atoms with Gasteiger partial charge in [-0.05, 0) is 5.41 Å². The second-order valence-corrected chi connectivity index (χ2v) is 3.81. The van der Waals surface area contributed by atoms with E-state index in [2.05, 4.69) is 15.4 Å². The molecule has 0 atom stereocenters. The SMILES string of the molecule is CC(C)(C)Cc1nn[nH]c1F. The zero-order valence-corrected chi connectivity index (χ0v) is 6.98. The molecule has 3 nitrogen and oxygen atoms in total. The van der Waals surface area contributed by atoms with Crippen LogP contribution in [0.4, 0.5) is 4.39 Å². The fraction of sp³-hybridized carbons (Fsp3) is 0.714. The van der Waals surface area contributed by atoms with Crippen LogP contribution in [0.25, 0.3) is 0 Å². The summed E-state index contributed by atoms with van der Waals surface area (Å²) in [6.07, 6.45) is 0.606. The second kappa shape index (κ2) is 2.60. The number of nitrogens with zero attached hydrogens (tertiary/aromatic N) is 2. The van der Waals surface area contributed by atoms with Gasteiger partial charge in [-0.15, -0.1) is 5.10 Å². The van der Waals surface area contributed by atoms with Gasteiger partial charge in [-0.1, -0.05) is 26.0 Å². The molecule has 0 aliphatic rings. The zero-order chi connectivity index (χ0) is 8.48. The lowest BCUT2D eigenvalue weighted by Gasteiger charge is -2.15. The average Bonchev–Trinajstić information content (AvgIpc) is 2.12. The number of nitrogens with one attached hydrogen (secondary N) is 1. The highest BCUT2D eigenvalue weighted by Crippen LogP contribution is 2.19. The van der Waals surface area contributed by atoms with Crippen molar-refractivity contribution in [3.63, 3.8) is 0 Å². The molecule has 4 heteroatoms. The lowest BCUT2D eigenvalue weighted by Crippen LogP contribution is -2.10. The molecule has 1 aromatic rings. The number of aromatic amines is 1. The smallest absolute Gasteiger partial charge is 0.232 e. The van der Waals surface area contributed by atoms with Crippen LogP contribution in [0.5, 0.6) is 0 Å². The maximum atomic E-state index is 12.7. The molecule has 1 aromatic heterocycles. The van der Waals surface area contributed by atoms with E-state index >= 15 is 0 Å². The normalized spacial score (nSPS) is 12.0. The molecule has 1 heterocycles. The number of aromatic nitrogens is 3. The topological polar surface area (TPSA) is 41.6 Å². The Hall–Kier alpha value is -0.930. The van der Waals surface area contributed by atoms with Crippen LogP contribution in [-0.4, -0.2) is 15.4 Å². The van der Waals surface area contributed by atoms with Crippen molar-refractivity contribution < 1.29 is 4.39 Å². The van der Waals surface area contributed by atoms with Gasteiger partial charge in [0.2, 0.25) is 5.95 Å². The van der Waals surface area contributed by atoms with Crippen LogP contribution >= 0.6 is 0 Å². The van der Waals surface area contributed by atoms with E-state index in [4.69, 9.17) is 0 Å². The van der Waals surface area contributed by atoms with Crippen LogP contribution in [0, 0.1) is 11.4 Å². The Morgan fingerprint density at radius 2 is 2.09 bits per heavy atom. The van der Waals surface area contributed by atoms with Crippen molar-refractivity contribution in [3.05, 3.63) is 11.6 Å². The van der Waals surface area contributed by atoms with Gasteiger partial charge in [0, 0.05) is 6.42 Å². The van der Waals surface area contributed by atoms with Gasteiger partial charge < -0.3 is 0 Å². The van der Waals surface area contributed by atoms with Crippen LogP contribution in [-0.2, 0) is 6.42 Å². The van der Waals surface area contributed by atoms with E-state index in [1.165, 1.54) is 0 Å². The van der Waals surface area contributed by atoms with Crippen molar-refractivity contribution >= 4 is 0 Å². The lowest BCUT2D eigenvalue weighted by atomic mass is 9.91. The summed E-state index contributed by atoms with van der Waals surface area (Å²) in [5, 5.41) is 9.14. The third kappa shape index (κ3) is 2.29. The van der Waals surface area contributed by atoms with Gasteiger partial charge in [0.15, 0.2) is 0 Å². The Balaban J connectivity index is 2.72. The molecular formula is C7H12FN3. The third-order valence-electron chi connectivity index (χ3n) is 1.27. The highest BCUT2D eigenvalue weighted by Gasteiger charge is 2.16. The van der Waals surface area contributed by atoms with Gasteiger partial charge in [0.05, 0.1) is 0 Å². The summed E-state index contributed by atoms with van der Waals surface area (Å²) < 4.78 is 12.7. The first-order valence-corrected chi connectivity index (χ1v) is 3.54. The minimum Gasteiger partial charge on any atom is -0.232 e. The number of halogens is 1. The Bertz CT molecular complexity index is 236. The van der Waals surface area contributed by atoms with E-state index in [1.54, 1.807) is 0 Å². The van der Waals surface area contributed by atoms with Crippen molar-refractivity contribution in [2.45, 2.75) is 27.2 Å². The summed E-state index contributed by atoms with van der Waals surface area (Å²) in [6, 6.07) is 0. The Labute approximate surface area is 65.0 Å². The van der Waals surface area contributed by atoms with Gasteiger partial charge in [0.1, 0.15) is 5.69 Å². The summed E-state index contributed by atoms with van der Waals surface area (Å²) in [5.41, 5.74) is 0.468. The maximum Gasteiger partial charge on any atom is 0.232 e. The number of hydrogen-bond donors (Lipinski definition) is 1. The first kappa shape index (κ1) is 8.17. The largest absolute Gasteiger partial charge is 0.232 e. The van der Waals surface area contributed by atoms with E-state index in [9.17, 15) is 4.39 Å². The van der Waals surface area contributed by atoms with Crippen molar-refractivity contribution in [2.24, 2.45) is 5.41 Å². The third-order valence-corrected chi connectivity index (χ3v) is 1.27. The first-order chi connectivity index (χ1) is 4.99. The van der Waals surface area contributed by atoms with Crippen LogP contribution in [0.3, 0.4) is 0 Å². The van der Waals surface area contributed by atoms with Crippen molar-refractivity contribution in [1.29, 1.82) is 0 Å². The zero-order valence-electron chi connectivity index (χ0n) is 6.98. The van der Waals surface area contributed by atoms with Gasteiger partial charge in [-0.3, -0.25) is 0 Å². The monoisotopic (exact) mass is 157 g/mol. The molecule has 0 fully saturated rings. The molecule has 0 saturated carbocycles. The lowest BCUT2D eigenvalue weighted by molar-refractivity contribution is 0.396. The Morgan fingerprint density at radius 3 is 2.45 bits per heavy atom.